The molecule has 0 spiro atoms. The van der Waals surface area contributed by atoms with Crippen LogP contribution in [0.5, 0.6) is 0 Å². The zero-order valence-electron chi connectivity index (χ0n) is 15.5. The summed E-state index contributed by atoms with van der Waals surface area (Å²) in [6, 6.07) is 10.1. The molecule has 1 N–H and O–H groups in total. The summed E-state index contributed by atoms with van der Waals surface area (Å²) in [6.07, 6.45) is 7.82. The Labute approximate surface area is 154 Å². The molecule has 0 saturated heterocycles. The quantitative estimate of drug-likeness (QED) is 0.775. The van der Waals surface area contributed by atoms with Gasteiger partial charge in [-0.3, -0.25) is 9.78 Å². The molecule has 0 fully saturated rings. The number of pyridine rings is 1. The first-order valence-electron chi connectivity index (χ1n) is 9.40. The molecular formula is C22H25N3O. The van der Waals surface area contributed by atoms with Gasteiger partial charge in [-0.2, -0.15) is 0 Å². The van der Waals surface area contributed by atoms with Gasteiger partial charge in [0.25, 0.3) is 5.91 Å². The van der Waals surface area contributed by atoms with Crippen LogP contribution in [0, 0.1) is 5.92 Å². The molecule has 26 heavy (non-hydrogen) atoms. The van der Waals surface area contributed by atoms with Gasteiger partial charge < -0.3 is 9.88 Å². The van der Waals surface area contributed by atoms with E-state index in [9.17, 15) is 4.79 Å². The molecule has 3 aromatic rings. The van der Waals surface area contributed by atoms with Crippen LogP contribution in [-0.4, -0.2) is 34.4 Å². The van der Waals surface area contributed by atoms with Gasteiger partial charge in [0.05, 0.1) is 11.1 Å². The molecule has 2 heterocycles. The van der Waals surface area contributed by atoms with Crippen LogP contribution < -0.4 is 0 Å². The Kier molecular flexibility index (Phi) is 4.49. The fourth-order valence-electron chi connectivity index (χ4n) is 3.95. The number of H-pyrrole nitrogens is 1. The van der Waals surface area contributed by atoms with Crippen LogP contribution in [0.4, 0.5) is 0 Å². The number of amides is 1. The molecule has 4 heteroatoms. The van der Waals surface area contributed by atoms with E-state index in [4.69, 9.17) is 0 Å². The van der Waals surface area contributed by atoms with Crippen molar-refractivity contribution in [1.82, 2.24) is 14.9 Å². The van der Waals surface area contributed by atoms with E-state index in [2.05, 4.69) is 23.0 Å². The van der Waals surface area contributed by atoms with Gasteiger partial charge in [0, 0.05) is 37.1 Å². The van der Waals surface area contributed by atoms with E-state index in [0.717, 1.165) is 30.3 Å². The van der Waals surface area contributed by atoms with Crippen molar-refractivity contribution in [2.75, 3.05) is 13.6 Å². The largest absolute Gasteiger partial charge is 0.358 e. The minimum atomic E-state index is 0.0799. The molecule has 0 radical (unpaired) electrons. The number of rotatable bonds is 4. The molecule has 0 unspecified atom stereocenters. The molecule has 134 valence electrons. The third-order valence-electron chi connectivity index (χ3n) is 5.53. The van der Waals surface area contributed by atoms with Crippen molar-refractivity contribution in [3.05, 3.63) is 65.1 Å². The Morgan fingerprint density at radius 1 is 1.27 bits per heavy atom. The first-order valence-corrected chi connectivity index (χ1v) is 9.40. The summed E-state index contributed by atoms with van der Waals surface area (Å²) in [5.74, 6) is 0.792. The maximum atomic E-state index is 13.1. The van der Waals surface area contributed by atoms with E-state index in [0.29, 0.717) is 12.5 Å². The number of hydrogen-bond donors (Lipinski definition) is 1. The van der Waals surface area contributed by atoms with Crippen LogP contribution in [0.1, 0.15) is 40.5 Å². The summed E-state index contributed by atoms with van der Waals surface area (Å²) in [5.41, 5.74) is 5.71. The first kappa shape index (κ1) is 16.8. The summed E-state index contributed by atoms with van der Waals surface area (Å²) in [4.78, 5) is 22.5. The number of carbonyl (C=O) groups excluding carboxylic acids is 1. The Bertz CT molecular complexity index is 929. The summed E-state index contributed by atoms with van der Waals surface area (Å²) < 4.78 is 0. The molecule has 1 amide bonds. The van der Waals surface area contributed by atoms with Gasteiger partial charge >= 0.3 is 0 Å². The molecule has 0 saturated carbocycles. The average Bonchev–Trinajstić information content (AvgIpc) is 3.04. The number of hydrogen-bond acceptors (Lipinski definition) is 2. The minimum absolute atomic E-state index is 0.0799. The van der Waals surface area contributed by atoms with Gasteiger partial charge in [-0.05, 0) is 60.9 Å². The van der Waals surface area contributed by atoms with Gasteiger partial charge in [-0.1, -0.05) is 19.1 Å². The average molecular weight is 347 g/mol. The molecular weight excluding hydrogens is 322 g/mol. The number of nitrogens with zero attached hydrogens (tertiary/aromatic N) is 2. The van der Waals surface area contributed by atoms with E-state index in [1.165, 1.54) is 28.6 Å². The van der Waals surface area contributed by atoms with E-state index in [1.54, 1.807) is 12.4 Å². The van der Waals surface area contributed by atoms with Crippen molar-refractivity contribution < 1.29 is 4.79 Å². The summed E-state index contributed by atoms with van der Waals surface area (Å²) >= 11 is 0. The fourth-order valence-corrected chi connectivity index (χ4v) is 3.95. The lowest BCUT2D eigenvalue weighted by Crippen LogP contribution is -2.29. The zero-order chi connectivity index (χ0) is 18.1. The SMILES string of the molecule is C[C@H]1CCc2[nH]c3c(C(=O)N(C)CCc4ccncc4)cccc3c2C1. The lowest BCUT2D eigenvalue weighted by atomic mass is 9.87. The third-order valence-corrected chi connectivity index (χ3v) is 5.53. The lowest BCUT2D eigenvalue weighted by Gasteiger charge is -2.18. The van der Waals surface area contributed by atoms with Crippen LogP contribution in [0.3, 0.4) is 0 Å². The Morgan fingerprint density at radius 3 is 2.88 bits per heavy atom. The fraction of sp³-hybridized carbons (Fsp3) is 0.364. The van der Waals surface area contributed by atoms with Crippen LogP contribution in [0.2, 0.25) is 0 Å². The highest BCUT2D eigenvalue weighted by Crippen LogP contribution is 2.33. The number of nitrogens with one attached hydrogen (secondary N) is 1. The number of likely N-dealkylation sites (N-methyl/N-ethyl adjacent to an activating group) is 1. The molecule has 0 bridgehead atoms. The predicted molar refractivity (Wildman–Crippen MR) is 104 cm³/mol. The van der Waals surface area contributed by atoms with Gasteiger partial charge in [0.1, 0.15) is 0 Å². The highest BCUT2D eigenvalue weighted by Gasteiger charge is 2.23. The molecule has 4 nitrogen and oxygen atoms in total. The lowest BCUT2D eigenvalue weighted by molar-refractivity contribution is 0.0798. The topological polar surface area (TPSA) is 49.0 Å². The Morgan fingerprint density at radius 2 is 2.08 bits per heavy atom. The second kappa shape index (κ2) is 6.94. The number of aryl methyl sites for hydroxylation is 1. The van der Waals surface area contributed by atoms with Crippen LogP contribution >= 0.6 is 0 Å². The van der Waals surface area contributed by atoms with Crippen molar-refractivity contribution in [3.8, 4) is 0 Å². The molecule has 1 aliphatic rings. The normalized spacial score (nSPS) is 16.5. The van der Waals surface area contributed by atoms with Crippen LogP contribution in [-0.2, 0) is 19.3 Å². The van der Waals surface area contributed by atoms with Crippen molar-refractivity contribution in [2.24, 2.45) is 5.92 Å². The molecule has 2 aromatic heterocycles. The standard InChI is InChI=1S/C22H25N3O/c1-15-6-7-20-19(14-15)17-4-3-5-18(21(17)24-20)22(26)25(2)13-10-16-8-11-23-12-9-16/h3-5,8-9,11-12,15,24H,6-7,10,13-14H2,1-2H3/t15-/m0/s1. The molecule has 1 atom stereocenters. The number of fused-ring (bicyclic) bond motifs is 3. The summed E-state index contributed by atoms with van der Waals surface area (Å²) in [7, 11) is 1.88. The Hall–Kier alpha value is -2.62. The van der Waals surface area contributed by atoms with Gasteiger partial charge in [-0.15, -0.1) is 0 Å². The highest BCUT2D eigenvalue weighted by atomic mass is 16.2. The van der Waals surface area contributed by atoms with Gasteiger partial charge in [0.15, 0.2) is 0 Å². The number of carbonyl (C=O) groups is 1. The monoisotopic (exact) mass is 347 g/mol. The van der Waals surface area contributed by atoms with E-state index >= 15 is 0 Å². The maximum absolute atomic E-state index is 13.1. The zero-order valence-corrected chi connectivity index (χ0v) is 15.5. The molecule has 4 rings (SSSR count). The van der Waals surface area contributed by atoms with Crippen molar-refractivity contribution in [3.63, 3.8) is 0 Å². The second-order valence-electron chi connectivity index (χ2n) is 7.49. The molecule has 0 aliphatic heterocycles. The smallest absolute Gasteiger partial charge is 0.255 e. The van der Waals surface area contributed by atoms with Crippen LogP contribution in [0.25, 0.3) is 10.9 Å². The molecule has 1 aromatic carbocycles. The van der Waals surface area contributed by atoms with Gasteiger partial charge in [-0.25, -0.2) is 0 Å². The first-order chi connectivity index (χ1) is 12.6. The number of aromatic amines is 1. The Balaban J connectivity index is 1.58. The van der Waals surface area contributed by atoms with Gasteiger partial charge in [0.2, 0.25) is 0 Å². The van der Waals surface area contributed by atoms with Crippen molar-refractivity contribution >= 4 is 16.8 Å². The number of para-hydroxylation sites is 1. The van der Waals surface area contributed by atoms with Crippen molar-refractivity contribution in [2.45, 2.75) is 32.6 Å². The van der Waals surface area contributed by atoms with Crippen LogP contribution in [0.15, 0.2) is 42.7 Å². The van der Waals surface area contributed by atoms with E-state index in [1.807, 2.05) is 36.2 Å². The van der Waals surface area contributed by atoms with E-state index in [-0.39, 0.29) is 5.91 Å². The number of aromatic nitrogens is 2. The predicted octanol–water partition coefficient (Wildman–Crippen LogP) is 4.00. The number of benzene rings is 1. The third kappa shape index (κ3) is 3.12. The van der Waals surface area contributed by atoms with E-state index < -0.39 is 0 Å². The highest BCUT2D eigenvalue weighted by molar-refractivity contribution is 6.06. The summed E-state index contributed by atoms with van der Waals surface area (Å²) in [5, 5.41) is 1.22. The molecule has 1 aliphatic carbocycles. The maximum Gasteiger partial charge on any atom is 0.255 e. The minimum Gasteiger partial charge on any atom is -0.358 e. The van der Waals surface area contributed by atoms with Crippen molar-refractivity contribution in [1.29, 1.82) is 0 Å². The second-order valence-corrected chi connectivity index (χ2v) is 7.49. The summed E-state index contributed by atoms with van der Waals surface area (Å²) in [6.45, 7) is 3.00.